The van der Waals surface area contributed by atoms with Crippen LogP contribution in [0.5, 0.6) is 0 Å². The van der Waals surface area contributed by atoms with Crippen LogP contribution >= 0.6 is 0 Å². The highest BCUT2D eigenvalue weighted by atomic mass is 15.3. The van der Waals surface area contributed by atoms with Gasteiger partial charge in [0.15, 0.2) is 0 Å². The molecule has 0 unspecified atom stereocenters. The van der Waals surface area contributed by atoms with Gasteiger partial charge in [-0.2, -0.15) is 5.10 Å². The molecule has 1 aromatic carbocycles. The number of hydrogen-bond acceptors (Lipinski definition) is 1. The molecule has 0 atom stereocenters. The minimum Gasteiger partial charge on any atom is -0.241 e. The summed E-state index contributed by atoms with van der Waals surface area (Å²) >= 11 is 0. The van der Waals surface area contributed by atoms with E-state index in [1.54, 1.807) is 0 Å². The summed E-state index contributed by atoms with van der Waals surface area (Å²) in [6.07, 6.45) is 5.79. The Morgan fingerprint density at radius 3 is 3.00 bits per heavy atom. The Kier molecular flexibility index (Phi) is 1.67. The van der Waals surface area contributed by atoms with Crippen molar-refractivity contribution in [3.8, 4) is 0 Å². The van der Waals surface area contributed by atoms with Gasteiger partial charge in [0.05, 0.1) is 11.7 Å². The van der Waals surface area contributed by atoms with Gasteiger partial charge in [-0.1, -0.05) is 24.3 Å². The SMILES string of the molecule is CC=Cn1ncc2ccccc21. The molecule has 0 aliphatic heterocycles. The largest absolute Gasteiger partial charge is 0.241 e. The number of fused-ring (bicyclic) bond motifs is 1. The number of hydrogen-bond donors (Lipinski definition) is 0. The molecule has 0 N–H and O–H groups in total. The Morgan fingerprint density at radius 1 is 1.33 bits per heavy atom. The molecule has 2 aromatic rings. The summed E-state index contributed by atoms with van der Waals surface area (Å²) in [4.78, 5) is 0. The van der Waals surface area contributed by atoms with E-state index in [-0.39, 0.29) is 0 Å². The molecule has 0 bridgehead atoms. The highest BCUT2D eigenvalue weighted by Gasteiger charge is 1.95. The monoisotopic (exact) mass is 158 g/mol. The minimum atomic E-state index is 1.15. The van der Waals surface area contributed by atoms with Gasteiger partial charge in [0.2, 0.25) is 0 Å². The summed E-state index contributed by atoms with van der Waals surface area (Å²) in [7, 11) is 0. The zero-order valence-corrected chi connectivity index (χ0v) is 6.94. The van der Waals surface area contributed by atoms with Gasteiger partial charge in [0, 0.05) is 11.6 Å². The van der Waals surface area contributed by atoms with Gasteiger partial charge in [0.25, 0.3) is 0 Å². The Morgan fingerprint density at radius 2 is 2.17 bits per heavy atom. The Balaban J connectivity index is 2.70. The van der Waals surface area contributed by atoms with Crippen molar-refractivity contribution in [2.24, 2.45) is 0 Å². The zero-order chi connectivity index (χ0) is 8.39. The van der Waals surface area contributed by atoms with Gasteiger partial charge in [-0.3, -0.25) is 0 Å². The number of para-hydroxylation sites is 1. The number of rotatable bonds is 1. The predicted molar refractivity (Wildman–Crippen MR) is 50.7 cm³/mol. The topological polar surface area (TPSA) is 17.8 Å². The molecular weight excluding hydrogens is 148 g/mol. The molecule has 1 heterocycles. The van der Waals surface area contributed by atoms with Gasteiger partial charge in [-0.15, -0.1) is 0 Å². The van der Waals surface area contributed by atoms with E-state index in [0.29, 0.717) is 0 Å². The predicted octanol–water partition coefficient (Wildman–Crippen LogP) is 2.53. The average Bonchev–Trinajstić information content (AvgIpc) is 2.50. The number of aromatic nitrogens is 2. The standard InChI is InChI=1S/C10H10N2/c1-2-7-12-10-6-4-3-5-9(10)8-11-12/h2-8H,1H3. The number of benzene rings is 1. The van der Waals surface area contributed by atoms with Crippen molar-refractivity contribution in [2.75, 3.05) is 0 Å². The molecule has 2 heteroatoms. The molecule has 0 saturated carbocycles. The lowest BCUT2D eigenvalue weighted by Crippen LogP contribution is -1.86. The second kappa shape index (κ2) is 2.81. The van der Waals surface area contributed by atoms with Crippen molar-refractivity contribution < 1.29 is 0 Å². The van der Waals surface area contributed by atoms with E-state index in [2.05, 4.69) is 17.2 Å². The van der Waals surface area contributed by atoms with E-state index < -0.39 is 0 Å². The molecule has 12 heavy (non-hydrogen) atoms. The molecule has 0 spiro atoms. The first-order chi connectivity index (χ1) is 5.92. The first kappa shape index (κ1) is 7.10. The second-order valence-electron chi connectivity index (χ2n) is 2.63. The average molecular weight is 158 g/mol. The molecule has 60 valence electrons. The zero-order valence-electron chi connectivity index (χ0n) is 6.94. The van der Waals surface area contributed by atoms with Gasteiger partial charge in [-0.25, -0.2) is 4.68 Å². The van der Waals surface area contributed by atoms with Crippen LogP contribution in [0.3, 0.4) is 0 Å². The third-order valence-corrected chi connectivity index (χ3v) is 1.80. The number of nitrogens with zero attached hydrogens (tertiary/aromatic N) is 2. The third-order valence-electron chi connectivity index (χ3n) is 1.80. The molecule has 0 amide bonds. The Labute approximate surface area is 71.1 Å². The lowest BCUT2D eigenvalue weighted by Gasteiger charge is -1.92. The van der Waals surface area contributed by atoms with Gasteiger partial charge < -0.3 is 0 Å². The second-order valence-corrected chi connectivity index (χ2v) is 2.63. The normalized spacial score (nSPS) is 11.4. The fourth-order valence-electron chi connectivity index (χ4n) is 1.25. The van der Waals surface area contributed by atoms with Gasteiger partial charge in [-0.05, 0) is 13.0 Å². The van der Waals surface area contributed by atoms with E-state index >= 15 is 0 Å². The van der Waals surface area contributed by atoms with Crippen molar-refractivity contribution in [3.05, 3.63) is 36.5 Å². The molecule has 2 nitrogen and oxygen atoms in total. The lowest BCUT2D eigenvalue weighted by molar-refractivity contribution is 0.965. The first-order valence-corrected chi connectivity index (χ1v) is 3.97. The highest BCUT2D eigenvalue weighted by Crippen LogP contribution is 2.12. The molecule has 1 aromatic heterocycles. The van der Waals surface area contributed by atoms with E-state index in [1.807, 2.05) is 42.2 Å². The summed E-state index contributed by atoms with van der Waals surface area (Å²) in [5, 5.41) is 5.39. The molecule has 0 aliphatic carbocycles. The summed E-state index contributed by atoms with van der Waals surface area (Å²) < 4.78 is 1.87. The summed E-state index contributed by atoms with van der Waals surface area (Å²) in [6.45, 7) is 1.98. The van der Waals surface area contributed by atoms with E-state index in [0.717, 1.165) is 5.52 Å². The summed E-state index contributed by atoms with van der Waals surface area (Å²) in [5.74, 6) is 0. The van der Waals surface area contributed by atoms with Gasteiger partial charge in [0.1, 0.15) is 0 Å². The molecule has 0 fully saturated rings. The smallest absolute Gasteiger partial charge is 0.0733 e. The van der Waals surface area contributed by atoms with Crippen molar-refractivity contribution in [2.45, 2.75) is 6.92 Å². The lowest BCUT2D eigenvalue weighted by atomic mass is 10.3. The van der Waals surface area contributed by atoms with E-state index in [4.69, 9.17) is 0 Å². The Hall–Kier alpha value is -1.57. The fourth-order valence-corrected chi connectivity index (χ4v) is 1.25. The number of allylic oxidation sites excluding steroid dienone is 1. The van der Waals surface area contributed by atoms with Crippen LogP contribution in [0, 0.1) is 0 Å². The maximum atomic E-state index is 4.21. The quantitative estimate of drug-likeness (QED) is 0.623. The van der Waals surface area contributed by atoms with Crippen LogP contribution in [0.2, 0.25) is 0 Å². The first-order valence-electron chi connectivity index (χ1n) is 3.97. The molecule has 0 saturated heterocycles. The van der Waals surface area contributed by atoms with Crippen molar-refractivity contribution >= 4 is 17.1 Å². The summed E-state index contributed by atoms with van der Waals surface area (Å²) in [6, 6.07) is 8.15. The van der Waals surface area contributed by atoms with Crippen LogP contribution in [0.1, 0.15) is 6.92 Å². The summed E-state index contributed by atoms with van der Waals surface area (Å²) in [5.41, 5.74) is 1.15. The van der Waals surface area contributed by atoms with E-state index in [9.17, 15) is 0 Å². The third kappa shape index (κ3) is 1.01. The van der Waals surface area contributed by atoms with Crippen LogP contribution in [-0.4, -0.2) is 9.78 Å². The minimum absolute atomic E-state index is 1.15. The molecular formula is C10H10N2. The van der Waals surface area contributed by atoms with E-state index in [1.165, 1.54) is 5.39 Å². The van der Waals surface area contributed by atoms with Gasteiger partial charge >= 0.3 is 0 Å². The van der Waals surface area contributed by atoms with Crippen molar-refractivity contribution in [3.63, 3.8) is 0 Å². The van der Waals surface area contributed by atoms with Crippen LogP contribution in [0.25, 0.3) is 17.1 Å². The molecule has 2 rings (SSSR count). The maximum absolute atomic E-state index is 4.21. The van der Waals surface area contributed by atoms with Crippen molar-refractivity contribution in [1.29, 1.82) is 0 Å². The molecule has 0 radical (unpaired) electrons. The maximum Gasteiger partial charge on any atom is 0.0733 e. The van der Waals surface area contributed by atoms with Crippen LogP contribution in [0.15, 0.2) is 36.5 Å². The van der Waals surface area contributed by atoms with Crippen molar-refractivity contribution in [1.82, 2.24) is 9.78 Å². The highest BCUT2D eigenvalue weighted by molar-refractivity contribution is 5.79. The van der Waals surface area contributed by atoms with Crippen LogP contribution in [0.4, 0.5) is 0 Å². The Bertz CT molecular complexity index is 412. The fraction of sp³-hybridized carbons (Fsp3) is 0.100. The van der Waals surface area contributed by atoms with Crippen LogP contribution in [-0.2, 0) is 0 Å². The van der Waals surface area contributed by atoms with Crippen LogP contribution < -0.4 is 0 Å². The molecule has 0 aliphatic rings.